The van der Waals surface area contributed by atoms with Crippen LogP contribution in [0.4, 0.5) is 0 Å². The summed E-state index contributed by atoms with van der Waals surface area (Å²) in [5.74, 6) is 0.488. The summed E-state index contributed by atoms with van der Waals surface area (Å²) in [4.78, 5) is 16.9. The molecule has 3 heteroatoms. The van der Waals surface area contributed by atoms with E-state index in [4.69, 9.17) is 4.84 Å². The van der Waals surface area contributed by atoms with Gasteiger partial charge in [0.1, 0.15) is 0 Å². The third kappa shape index (κ3) is 5.32. The normalized spacial score (nSPS) is 11.0. The number of hydroxylamine groups is 1. The molecular weight excluding hydrogens is 226 g/mol. The molecule has 0 heterocycles. The molecule has 0 aliphatic heterocycles. The quantitative estimate of drug-likeness (QED) is 0.785. The van der Waals surface area contributed by atoms with Gasteiger partial charge in [-0.3, -0.25) is 9.63 Å². The number of hydrogen-bond donors (Lipinski definition) is 1. The first-order valence-electron chi connectivity index (χ1n) is 6.54. The number of benzene rings is 1. The molecule has 0 saturated carbocycles. The van der Waals surface area contributed by atoms with E-state index in [0.717, 1.165) is 12.8 Å². The van der Waals surface area contributed by atoms with Crippen molar-refractivity contribution >= 4 is 5.91 Å². The van der Waals surface area contributed by atoms with Crippen LogP contribution in [0.15, 0.2) is 24.3 Å². The maximum absolute atomic E-state index is 11.8. The van der Waals surface area contributed by atoms with Crippen molar-refractivity contribution in [2.24, 2.45) is 5.92 Å². The van der Waals surface area contributed by atoms with E-state index < -0.39 is 0 Å². The lowest BCUT2D eigenvalue weighted by molar-refractivity contribution is 0.000184. The zero-order valence-electron chi connectivity index (χ0n) is 11.7. The number of carbonyl (C=O) groups is 1. The van der Waals surface area contributed by atoms with Crippen LogP contribution in [0.1, 0.15) is 50.0 Å². The first-order valence-corrected chi connectivity index (χ1v) is 6.54. The Morgan fingerprint density at radius 1 is 1.28 bits per heavy atom. The minimum absolute atomic E-state index is 0.0157. The molecule has 0 fully saturated rings. The molecule has 0 bridgehead atoms. The highest BCUT2D eigenvalue weighted by Gasteiger charge is 2.07. The highest BCUT2D eigenvalue weighted by atomic mass is 16.7. The van der Waals surface area contributed by atoms with Crippen molar-refractivity contribution < 1.29 is 9.63 Å². The van der Waals surface area contributed by atoms with Crippen molar-refractivity contribution in [3.8, 4) is 0 Å². The Morgan fingerprint density at radius 2 is 2.00 bits per heavy atom. The lowest BCUT2D eigenvalue weighted by Gasteiger charge is -2.10. The molecule has 3 nitrogen and oxygen atoms in total. The first-order chi connectivity index (χ1) is 8.49. The lowest BCUT2D eigenvalue weighted by atomic mass is 10.0. The number of hydrogen-bond acceptors (Lipinski definition) is 2. The molecule has 18 heavy (non-hydrogen) atoms. The summed E-state index contributed by atoms with van der Waals surface area (Å²) in [6.45, 7) is 8.15. The molecule has 0 aromatic heterocycles. The summed E-state index contributed by atoms with van der Waals surface area (Å²) in [6.07, 6.45) is 2.12. The van der Waals surface area contributed by atoms with Gasteiger partial charge in [-0.1, -0.05) is 26.0 Å². The number of carbonyl (C=O) groups excluding carboxylic acids is 1. The summed E-state index contributed by atoms with van der Waals surface area (Å²) in [6, 6.07) is 7.71. The summed E-state index contributed by atoms with van der Waals surface area (Å²) >= 11 is 0. The van der Waals surface area contributed by atoms with E-state index in [1.165, 1.54) is 5.56 Å². The number of amides is 1. The van der Waals surface area contributed by atoms with Gasteiger partial charge in [-0.15, -0.1) is 0 Å². The van der Waals surface area contributed by atoms with Crippen LogP contribution in [0.3, 0.4) is 0 Å². The van der Waals surface area contributed by atoms with E-state index in [-0.39, 0.29) is 12.0 Å². The molecule has 0 unspecified atom stereocenters. The Labute approximate surface area is 109 Å². The Morgan fingerprint density at radius 3 is 2.61 bits per heavy atom. The summed E-state index contributed by atoms with van der Waals surface area (Å²) in [5, 5.41) is 0. The van der Waals surface area contributed by atoms with Crippen LogP contribution >= 0.6 is 0 Å². The van der Waals surface area contributed by atoms with Crippen LogP contribution in [0, 0.1) is 5.92 Å². The zero-order chi connectivity index (χ0) is 13.5. The summed E-state index contributed by atoms with van der Waals surface area (Å²) in [7, 11) is 0. The van der Waals surface area contributed by atoms with Gasteiger partial charge in [0.25, 0.3) is 5.91 Å². The fourth-order valence-corrected chi connectivity index (χ4v) is 1.55. The minimum atomic E-state index is -0.185. The molecular formula is C15H23NO2. The van der Waals surface area contributed by atoms with E-state index in [2.05, 4.69) is 25.4 Å². The van der Waals surface area contributed by atoms with Crippen LogP contribution in [0.2, 0.25) is 0 Å². The molecule has 0 aliphatic rings. The SMILES string of the molecule is CC(C)CCc1cccc(C(=O)NOC(C)C)c1. The van der Waals surface area contributed by atoms with Crippen LogP contribution < -0.4 is 5.48 Å². The standard InChI is InChI=1S/C15H23NO2/c1-11(2)8-9-13-6-5-7-14(10-13)15(17)16-18-12(3)4/h5-7,10-12H,8-9H2,1-4H3,(H,16,17). The lowest BCUT2D eigenvalue weighted by Crippen LogP contribution is -2.26. The maximum atomic E-state index is 11.8. The monoisotopic (exact) mass is 249 g/mol. The van der Waals surface area contributed by atoms with E-state index in [0.29, 0.717) is 11.5 Å². The molecule has 1 amide bonds. The molecule has 1 N–H and O–H groups in total. The summed E-state index contributed by atoms with van der Waals surface area (Å²) in [5.41, 5.74) is 4.30. The molecule has 0 radical (unpaired) electrons. The third-order valence-electron chi connectivity index (χ3n) is 2.59. The van der Waals surface area contributed by atoms with Gasteiger partial charge in [-0.25, -0.2) is 5.48 Å². The van der Waals surface area contributed by atoms with Crippen molar-refractivity contribution in [2.75, 3.05) is 0 Å². The maximum Gasteiger partial charge on any atom is 0.274 e. The summed E-state index contributed by atoms with van der Waals surface area (Å²) < 4.78 is 0. The van der Waals surface area contributed by atoms with Crippen molar-refractivity contribution in [1.82, 2.24) is 5.48 Å². The molecule has 1 rings (SSSR count). The van der Waals surface area contributed by atoms with Crippen LogP contribution in [-0.2, 0) is 11.3 Å². The second-order valence-electron chi connectivity index (χ2n) is 5.23. The van der Waals surface area contributed by atoms with Crippen molar-refractivity contribution in [2.45, 2.75) is 46.6 Å². The molecule has 1 aromatic carbocycles. The van der Waals surface area contributed by atoms with Gasteiger partial charge >= 0.3 is 0 Å². The van der Waals surface area contributed by atoms with Gasteiger partial charge in [0.05, 0.1) is 6.10 Å². The van der Waals surface area contributed by atoms with Crippen LogP contribution in [0.5, 0.6) is 0 Å². The highest BCUT2D eigenvalue weighted by Crippen LogP contribution is 2.11. The topological polar surface area (TPSA) is 38.3 Å². The predicted octanol–water partition coefficient (Wildman–Crippen LogP) is 3.35. The molecule has 0 spiro atoms. The van der Waals surface area contributed by atoms with Crippen molar-refractivity contribution in [1.29, 1.82) is 0 Å². The van der Waals surface area contributed by atoms with E-state index in [1.807, 2.05) is 26.0 Å². The Kier molecular flexibility index (Phi) is 5.86. The fourth-order valence-electron chi connectivity index (χ4n) is 1.55. The van der Waals surface area contributed by atoms with Gasteiger partial charge in [0.2, 0.25) is 0 Å². The highest BCUT2D eigenvalue weighted by molar-refractivity contribution is 5.93. The third-order valence-corrected chi connectivity index (χ3v) is 2.59. The van der Waals surface area contributed by atoms with E-state index in [9.17, 15) is 4.79 Å². The van der Waals surface area contributed by atoms with E-state index in [1.54, 1.807) is 6.07 Å². The van der Waals surface area contributed by atoms with Crippen molar-refractivity contribution in [3.63, 3.8) is 0 Å². The second kappa shape index (κ2) is 7.17. The van der Waals surface area contributed by atoms with Gasteiger partial charge in [-0.05, 0) is 50.3 Å². The molecule has 1 aromatic rings. The Hall–Kier alpha value is -1.35. The average Bonchev–Trinajstić information content (AvgIpc) is 2.33. The Bertz CT molecular complexity index is 386. The number of aryl methyl sites for hydroxylation is 1. The van der Waals surface area contributed by atoms with E-state index >= 15 is 0 Å². The first kappa shape index (κ1) is 14.7. The number of nitrogens with one attached hydrogen (secondary N) is 1. The van der Waals surface area contributed by atoms with Crippen LogP contribution in [-0.4, -0.2) is 12.0 Å². The molecule has 0 atom stereocenters. The zero-order valence-corrected chi connectivity index (χ0v) is 11.7. The smallest absolute Gasteiger partial charge is 0.271 e. The van der Waals surface area contributed by atoms with Crippen LogP contribution in [0.25, 0.3) is 0 Å². The molecule has 0 aliphatic carbocycles. The largest absolute Gasteiger partial charge is 0.274 e. The average molecular weight is 249 g/mol. The fraction of sp³-hybridized carbons (Fsp3) is 0.533. The number of rotatable bonds is 6. The predicted molar refractivity (Wildman–Crippen MR) is 73.3 cm³/mol. The Balaban J connectivity index is 2.60. The molecule has 0 saturated heterocycles. The minimum Gasteiger partial charge on any atom is -0.271 e. The van der Waals surface area contributed by atoms with Gasteiger partial charge in [0.15, 0.2) is 0 Å². The second-order valence-corrected chi connectivity index (χ2v) is 5.23. The van der Waals surface area contributed by atoms with Gasteiger partial charge in [-0.2, -0.15) is 0 Å². The van der Waals surface area contributed by atoms with Gasteiger partial charge in [0, 0.05) is 5.56 Å². The van der Waals surface area contributed by atoms with Gasteiger partial charge < -0.3 is 0 Å². The molecule has 100 valence electrons. The van der Waals surface area contributed by atoms with Crippen molar-refractivity contribution in [3.05, 3.63) is 35.4 Å².